The van der Waals surface area contributed by atoms with Gasteiger partial charge in [-0.05, 0) is 42.2 Å². The fourth-order valence-corrected chi connectivity index (χ4v) is 3.03. The fraction of sp³-hybridized carbons (Fsp3) is 0.300. The molecule has 2 unspecified atom stereocenters. The second-order valence-corrected chi connectivity index (χ2v) is 6.63. The number of phenolic OH excluding ortho intramolecular Hbond substituents is 1. The zero-order valence-corrected chi connectivity index (χ0v) is 14.8. The maximum Gasteiger partial charge on any atom is 0.416 e. The normalized spacial score (nSPS) is 18.4. The number of rotatable bonds is 6. The van der Waals surface area contributed by atoms with E-state index in [9.17, 15) is 27.9 Å². The zero-order valence-electron chi connectivity index (χ0n) is 14.8. The third kappa shape index (κ3) is 4.62. The second kappa shape index (κ2) is 7.92. The van der Waals surface area contributed by atoms with Crippen LogP contribution in [0.5, 0.6) is 5.75 Å². The summed E-state index contributed by atoms with van der Waals surface area (Å²) in [6.45, 7) is 0.408. The number of carbonyl (C=O) groups is 2. The highest BCUT2D eigenvalue weighted by Crippen LogP contribution is 2.47. The first-order chi connectivity index (χ1) is 13.3. The SMILES string of the molecule is O=C(NCCNC(=O)C1CC1c1ccc(C(F)(F)F)cc1)c1ccccc1O. The molecule has 3 N–H and O–H groups in total. The molecule has 0 bridgehead atoms. The van der Waals surface area contributed by atoms with Crippen LogP contribution in [0.2, 0.25) is 0 Å². The number of para-hydroxylation sites is 1. The highest BCUT2D eigenvalue weighted by Gasteiger charge is 2.44. The Kier molecular flexibility index (Phi) is 5.58. The minimum atomic E-state index is -4.38. The van der Waals surface area contributed by atoms with E-state index in [0.717, 1.165) is 12.1 Å². The van der Waals surface area contributed by atoms with E-state index < -0.39 is 17.6 Å². The average Bonchev–Trinajstić information content (AvgIpc) is 3.45. The smallest absolute Gasteiger partial charge is 0.416 e. The molecule has 2 atom stereocenters. The fourth-order valence-electron chi connectivity index (χ4n) is 3.03. The number of aromatic hydroxyl groups is 1. The Labute approximate surface area is 159 Å². The van der Waals surface area contributed by atoms with E-state index in [4.69, 9.17) is 0 Å². The van der Waals surface area contributed by atoms with Gasteiger partial charge in [-0.15, -0.1) is 0 Å². The highest BCUT2D eigenvalue weighted by atomic mass is 19.4. The molecule has 2 aromatic rings. The van der Waals surface area contributed by atoms with Gasteiger partial charge in [0.25, 0.3) is 5.91 Å². The molecule has 0 spiro atoms. The summed E-state index contributed by atoms with van der Waals surface area (Å²) in [5, 5.41) is 14.9. The van der Waals surface area contributed by atoms with Crippen LogP contribution in [0.3, 0.4) is 0 Å². The van der Waals surface area contributed by atoms with Crippen LogP contribution in [0, 0.1) is 5.92 Å². The van der Waals surface area contributed by atoms with Crippen LogP contribution >= 0.6 is 0 Å². The Morgan fingerprint density at radius 3 is 2.29 bits per heavy atom. The van der Waals surface area contributed by atoms with Crippen LogP contribution in [-0.4, -0.2) is 30.0 Å². The highest BCUT2D eigenvalue weighted by molar-refractivity contribution is 5.96. The molecule has 8 heteroatoms. The van der Waals surface area contributed by atoms with Crippen molar-refractivity contribution in [2.75, 3.05) is 13.1 Å². The largest absolute Gasteiger partial charge is 0.507 e. The van der Waals surface area contributed by atoms with Crippen LogP contribution in [0.1, 0.15) is 33.8 Å². The van der Waals surface area contributed by atoms with Crippen molar-refractivity contribution in [1.29, 1.82) is 0 Å². The first kappa shape index (κ1) is 19.7. The number of benzene rings is 2. The van der Waals surface area contributed by atoms with Crippen molar-refractivity contribution in [3.05, 3.63) is 65.2 Å². The number of halogens is 3. The Bertz CT molecular complexity index is 866. The molecular formula is C20H19F3N2O3. The average molecular weight is 392 g/mol. The lowest BCUT2D eigenvalue weighted by atomic mass is 10.1. The van der Waals surface area contributed by atoms with Crippen LogP contribution in [0.4, 0.5) is 13.2 Å². The molecule has 1 aliphatic rings. The minimum absolute atomic E-state index is 0.0851. The van der Waals surface area contributed by atoms with E-state index in [0.29, 0.717) is 12.0 Å². The lowest BCUT2D eigenvalue weighted by molar-refractivity contribution is -0.137. The lowest BCUT2D eigenvalue weighted by Crippen LogP contribution is -2.35. The van der Waals surface area contributed by atoms with Crippen molar-refractivity contribution in [3.63, 3.8) is 0 Å². The van der Waals surface area contributed by atoms with E-state index in [-0.39, 0.29) is 42.1 Å². The first-order valence-electron chi connectivity index (χ1n) is 8.78. The van der Waals surface area contributed by atoms with Gasteiger partial charge in [-0.25, -0.2) is 0 Å². The molecule has 0 aromatic heterocycles. The molecule has 2 amide bonds. The van der Waals surface area contributed by atoms with Gasteiger partial charge < -0.3 is 15.7 Å². The molecule has 28 heavy (non-hydrogen) atoms. The Morgan fingerprint density at radius 1 is 1.00 bits per heavy atom. The molecule has 1 saturated carbocycles. The molecule has 0 saturated heterocycles. The molecule has 0 heterocycles. The summed E-state index contributed by atoms with van der Waals surface area (Å²) in [6.07, 6.45) is -3.79. The third-order valence-electron chi connectivity index (χ3n) is 4.65. The van der Waals surface area contributed by atoms with Crippen molar-refractivity contribution in [1.82, 2.24) is 10.6 Å². The predicted octanol–water partition coefficient (Wildman–Crippen LogP) is 3.06. The monoisotopic (exact) mass is 392 g/mol. The predicted molar refractivity (Wildman–Crippen MR) is 95.7 cm³/mol. The Hall–Kier alpha value is -3.03. The van der Waals surface area contributed by atoms with E-state index in [1.165, 1.54) is 24.3 Å². The summed E-state index contributed by atoms with van der Waals surface area (Å²) in [7, 11) is 0. The van der Waals surface area contributed by atoms with Crippen LogP contribution in [-0.2, 0) is 11.0 Å². The molecule has 1 aliphatic carbocycles. The maximum atomic E-state index is 12.6. The van der Waals surface area contributed by atoms with E-state index in [1.54, 1.807) is 12.1 Å². The third-order valence-corrected chi connectivity index (χ3v) is 4.65. The molecule has 148 valence electrons. The van der Waals surface area contributed by atoms with Crippen LogP contribution in [0.25, 0.3) is 0 Å². The zero-order chi connectivity index (χ0) is 20.3. The van der Waals surface area contributed by atoms with Crippen molar-refractivity contribution in [2.45, 2.75) is 18.5 Å². The number of phenols is 1. The van der Waals surface area contributed by atoms with E-state index in [2.05, 4.69) is 10.6 Å². The molecule has 0 radical (unpaired) electrons. The number of hydrogen-bond acceptors (Lipinski definition) is 3. The van der Waals surface area contributed by atoms with Gasteiger partial charge in [0.1, 0.15) is 5.75 Å². The van der Waals surface area contributed by atoms with Crippen molar-refractivity contribution < 1.29 is 27.9 Å². The quantitative estimate of drug-likeness (QED) is 0.661. The van der Waals surface area contributed by atoms with Gasteiger partial charge in [-0.2, -0.15) is 13.2 Å². The number of amides is 2. The maximum absolute atomic E-state index is 12.6. The standard InChI is InChI=1S/C20H19F3N2O3/c21-20(22,23)13-7-5-12(6-8-13)15-11-16(15)19(28)25-10-9-24-18(27)14-3-1-2-4-17(14)26/h1-8,15-16,26H,9-11H2,(H,24,27)(H,25,28). The summed E-state index contributed by atoms with van der Waals surface area (Å²) in [6, 6.07) is 11.0. The number of nitrogens with one attached hydrogen (secondary N) is 2. The topological polar surface area (TPSA) is 78.4 Å². The first-order valence-corrected chi connectivity index (χ1v) is 8.78. The second-order valence-electron chi connectivity index (χ2n) is 6.63. The number of carbonyl (C=O) groups excluding carboxylic acids is 2. The van der Waals surface area contributed by atoms with Gasteiger partial charge in [-0.1, -0.05) is 24.3 Å². The summed E-state index contributed by atoms with van der Waals surface area (Å²) >= 11 is 0. The van der Waals surface area contributed by atoms with Crippen molar-refractivity contribution in [3.8, 4) is 5.75 Å². The number of hydrogen-bond donors (Lipinski definition) is 3. The van der Waals surface area contributed by atoms with Gasteiger partial charge in [0.2, 0.25) is 5.91 Å². The van der Waals surface area contributed by atoms with Gasteiger partial charge in [0.15, 0.2) is 0 Å². The van der Waals surface area contributed by atoms with Gasteiger partial charge >= 0.3 is 6.18 Å². The van der Waals surface area contributed by atoms with Crippen molar-refractivity contribution in [2.24, 2.45) is 5.92 Å². The Balaban J connectivity index is 1.42. The van der Waals surface area contributed by atoms with Gasteiger partial charge in [0.05, 0.1) is 11.1 Å². The Morgan fingerprint density at radius 2 is 1.64 bits per heavy atom. The van der Waals surface area contributed by atoms with E-state index >= 15 is 0 Å². The summed E-state index contributed by atoms with van der Waals surface area (Å²) in [5.41, 5.74) is 0.150. The molecular weight excluding hydrogens is 373 g/mol. The summed E-state index contributed by atoms with van der Waals surface area (Å²) in [4.78, 5) is 24.1. The number of alkyl halides is 3. The lowest BCUT2D eigenvalue weighted by Gasteiger charge is -2.09. The molecule has 1 fully saturated rings. The van der Waals surface area contributed by atoms with Crippen LogP contribution in [0.15, 0.2) is 48.5 Å². The minimum Gasteiger partial charge on any atom is -0.507 e. The molecule has 2 aromatic carbocycles. The molecule has 5 nitrogen and oxygen atoms in total. The van der Waals surface area contributed by atoms with E-state index in [1.807, 2.05) is 0 Å². The molecule has 0 aliphatic heterocycles. The van der Waals surface area contributed by atoms with Crippen molar-refractivity contribution >= 4 is 11.8 Å². The molecule has 3 rings (SSSR count). The van der Waals surface area contributed by atoms with Gasteiger partial charge in [-0.3, -0.25) is 9.59 Å². The summed E-state index contributed by atoms with van der Waals surface area (Å²) in [5.74, 6) is -1.12. The summed E-state index contributed by atoms with van der Waals surface area (Å²) < 4.78 is 37.8. The van der Waals surface area contributed by atoms with Gasteiger partial charge in [0, 0.05) is 19.0 Å². The van der Waals surface area contributed by atoms with Crippen LogP contribution < -0.4 is 10.6 Å².